The molecule has 1 aliphatic heterocycles. The lowest BCUT2D eigenvalue weighted by atomic mass is 9.85. The minimum atomic E-state index is -0.249. The van der Waals surface area contributed by atoms with E-state index in [-0.39, 0.29) is 23.1 Å². The Bertz CT molecular complexity index is 699. The molecule has 1 saturated heterocycles. The number of primary amides is 1. The normalized spacial score (nSPS) is 16.5. The van der Waals surface area contributed by atoms with Crippen molar-refractivity contribution in [1.29, 1.82) is 0 Å². The summed E-state index contributed by atoms with van der Waals surface area (Å²) in [6.45, 7) is 11.4. The Morgan fingerprint density at radius 3 is 2.63 bits per heavy atom. The molecule has 1 aromatic rings. The number of rotatable bonds is 10. The Hall–Kier alpha value is -2.15. The maximum Gasteiger partial charge on any atom is 0.220 e. The predicted molar refractivity (Wildman–Crippen MR) is 121 cm³/mol. The largest absolute Gasteiger partial charge is 0.369 e. The number of piperidine rings is 1. The van der Waals surface area contributed by atoms with E-state index in [2.05, 4.69) is 29.4 Å². The fourth-order valence-corrected chi connectivity index (χ4v) is 3.73. The molecule has 1 fully saturated rings. The third-order valence-electron chi connectivity index (χ3n) is 5.77. The number of amides is 1. The minimum Gasteiger partial charge on any atom is -0.369 e. The molecule has 1 heterocycles. The smallest absolute Gasteiger partial charge is 0.220 e. The number of unbranched alkanes of at least 4 members (excludes halogenated alkanes) is 1. The van der Waals surface area contributed by atoms with E-state index in [0.717, 1.165) is 69.9 Å². The molecule has 0 saturated carbocycles. The molecule has 0 aliphatic carbocycles. The summed E-state index contributed by atoms with van der Waals surface area (Å²) in [4.78, 5) is 18.4. The number of carbonyl (C=O) groups excluding carboxylic acids is 1. The van der Waals surface area contributed by atoms with Crippen molar-refractivity contribution in [1.82, 2.24) is 15.5 Å². The van der Waals surface area contributed by atoms with E-state index in [4.69, 9.17) is 10.7 Å². The Balaban J connectivity index is 1.73. The number of hydrogen-bond donors (Lipinski definition) is 3. The van der Waals surface area contributed by atoms with Gasteiger partial charge in [0.2, 0.25) is 5.91 Å². The zero-order chi connectivity index (χ0) is 22.0. The van der Waals surface area contributed by atoms with Gasteiger partial charge in [-0.1, -0.05) is 26.0 Å². The summed E-state index contributed by atoms with van der Waals surface area (Å²) in [5, 5.41) is 6.69. The number of carbonyl (C=O) groups is 1. The monoisotopic (exact) mass is 419 g/mol. The van der Waals surface area contributed by atoms with Crippen molar-refractivity contribution >= 4 is 11.9 Å². The van der Waals surface area contributed by atoms with Crippen molar-refractivity contribution in [3.8, 4) is 0 Å². The van der Waals surface area contributed by atoms with Crippen LogP contribution in [0.3, 0.4) is 0 Å². The summed E-state index contributed by atoms with van der Waals surface area (Å²) in [5.41, 5.74) is 6.09. The van der Waals surface area contributed by atoms with Crippen LogP contribution >= 0.6 is 0 Å². The summed E-state index contributed by atoms with van der Waals surface area (Å²) < 4.78 is 13.6. The van der Waals surface area contributed by atoms with Crippen molar-refractivity contribution in [2.24, 2.45) is 16.6 Å². The first-order valence-corrected chi connectivity index (χ1v) is 11.1. The average molecular weight is 420 g/mol. The summed E-state index contributed by atoms with van der Waals surface area (Å²) in [6, 6.07) is 6.75. The highest BCUT2D eigenvalue weighted by Crippen LogP contribution is 2.24. The Morgan fingerprint density at radius 2 is 2.00 bits per heavy atom. The van der Waals surface area contributed by atoms with E-state index in [1.807, 2.05) is 13.0 Å². The lowest BCUT2D eigenvalue weighted by Crippen LogP contribution is -2.40. The van der Waals surface area contributed by atoms with Gasteiger partial charge in [-0.15, -0.1) is 0 Å². The zero-order valence-corrected chi connectivity index (χ0v) is 18.7. The molecule has 0 atom stereocenters. The molecule has 4 N–H and O–H groups in total. The maximum absolute atomic E-state index is 13.6. The van der Waals surface area contributed by atoms with Crippen LogP contribution in [-0.2, 0) is 10.2 Å². The fraction of sp³-hybridized carbons (Fsp3) is 0.652. The van der Waals surface area contributed by atoms with Gasteiger partial charge >= 0.3 is 0 Å². The van der Waals surface area contributed by atoms with E-state index >= 15 is 0 Å². The van der Waals surface area contributed by atoms with Gasteiger partial charge < -0.3 is 21.3 Å². The number of likely N-dealkylation sites (tertiary alicyclic amines) is 1. The van der Waals surface area contributed by atoms with Crippen LogP contribution in [0.2, 0.25) is 0 Å². The molecular formula is C23H38FN5O. The predicted octanol–water partition coefficient (Wildman–Crippen LogP) is 2.64. The van der Waals surface area contributed by atoms with Gasteiger partial charge in [0.05, 0.1) is 6.54 Å². The maximum atomic E-state index is 13.6. The highest BCUT2D eigenvalue weighted by atomic mass is 19.1. The SMILES string of the molecule is CCNC(=NCC(C)(C)c1cccc(F)c1)NCCCCN1CCC(C(N)=O)CC1. The van der Waals surface area contributed by atoms with Crippen LogP contribution in [0.15, 0.2) is 29.3 Å². The number of guanidine groups is 1. The highest BCUT2D eigenvalue weighted by molar-refractivity contribution is 5.79. The van der Waals surface area contributed by atoms with Crippen molar-refractivity contribution in [2.45, 2.75) is 51.9 Å². The second-order valence-corrected chi connectivity index (χ2v) is 8.74. The van der Waals surface area contributed by atoms with Crippen LogP contribution in [0.4, 0.5) is 4.39 Å². The van der Waals surface area contributed by atoms with Crippen molar-refractivity contribution < 1.29 is 9.18 Å². The molecule has 2 rings (SSSR count). The molecular weight excluding hydrogens is 381 g/mol. The first-order chi connectivity index (χ1) is 14.3. The van der Waals surface area contributed by atoms with Gasteiger partial charge in [-0.05, 0) is 69.9 Å². The summed E-state index contributed by atoms with van der Waals surface area (Å²) >= 11 is 0. The van der Waals surface area contributed by atoms with Gasteiger partial charge in [-0.2, -0.15) is 0 Å². The summed E-state index contributed by atoms with van der Waals surface area (Å²) in [7, 11) is 0. The third-order valence-corrected chi connectivity index (χ3v) is 5.77. The number of aliphatic imine (C=N–C) groups is 1. The molecule has 6 nitrogen and oxygen atoms in total. The van der Waals surface area contributed by atoms with Crippen LogP contribution in [0.5, 0.6) is 0 Å². The lowest BCUT2D eigenvalue weighted by molar-refractivity contribution is -0.123. The van der Waals surface area contributed by atoms with Crippen molar-refractivity contribution in [3.63, 3.8) is 0 Å². The van der Waals surface area contributed by atoms with Crippen LogP contribution in [0, 0.1) is 11.7 Å². The topological polar surface area (TPSA) is 82.8 Å². The molecule has 0 radical (unpaired) electrons. The summed E-state index contributed by atoms with van der Waals surface area (Å²) in [6.07, 6.45) is 3.91. The minimum absolute atomic E-state index is 0.0541. The molecule has 1 amide bonds. The van der Waals surface area contributed by atoms with Crippen molar-refractivity contribution in [3.05, 3.63) is 35.6 Å². The molecule has 0 spiro atoms. The molecule has 0 unspecified atom stereocenters. The van der Waals surface area contributed by atoms with Crippen molar-refractivity contribution in [2.75, 3.05) is 39.3 Å². The number of hydrogen-bond acceptors (Lipinski definition) is 3. The number of nitrogens with one attached hydrogen (secondary N) is 2. The van der Waals surface area contributed by atoms with Crippen LogP contribution in [0.25, 0.3) is 0 Å². The standard InChI is InChI=1S/C23H38FN5O/c1-4-26-22(28-17-23(2,3)19-8-7-9-20(24)16-19)27-12-5-6-13-29-14-10-18(11-15-29)21(25)30/h7-9,16,18H,4-6,10-15,17H2,1-3H3,(H2,25,30)(H2,26,27,28). The first-order valence-electron chi connectivity index (χ1n) is 11.1. The van der Waals surface area contributed by atoms with Gasteiger partial charge in [0.15, 0.2) is 5.96 Å². The summed E-state index contributed by atoms with van der Waals surface area (Å²) in [5.74, 6) is 0.478. The van der Waals surface area contributed by atoms with E-state index in [9.17, 15) is 9.18 Å². The number of nitrogens with zero attached hydrogens (tertiary/aromatic N) is 2. The van der Waals surface area contributed by atoms with Gasteiger partial charge in [0, 0.05) is 24.4 Å². The number of halogens is 1. The molecule has 7 heteroatoms. The lowest BCUT2D eigenvalue weighted by Gasteiger charge is -2.30. The molecule has 30 heavy (non-hydrogen) atoms. The van der Waals surface area contributed by atoms with Gasteiger partial charge in [-0.3, -0.25) is 9.79 Å². The van der Waals surface area contributed by atoms with E-state index in [1.165, 1.54) is 6.07 Å². The van der Waals surface area contributed by atoms with Crippen LogP contribution < -0.4 is 16.4 Å². The number of benzene rings is 1. The molecule has 1 aliphatic rings. The third kappa shape index (κ3) is 7.94. The second-order valence-electron chi connectivity index (χ2n) is 8.74. The van der Waals surface area contributed by atoms with E-state index in [0.29, 0.717) is 6.54 Å². The van der Waals surface area contributed by atoms with Crippen LogP contribution in [0.1, 0.15) is 52.0 Å². The molecule has 1 aromatic carbocycles. The molecule has 168 valence electrons. The Morgan fingerprint density at radius 1 is 1.27 bits per heavy atom. The average Bonchev–Trinajstić information content (AvgIpc) is 2.72. The van der Waals surface area contributed by atoms with E-state index in [1.54, 1.807) is 12.1 Å². The van der Waals surface area contributed by atoms with Gasteiger partial charge in [0.1, 0.15) is 5.82 Å². The zero-order valence-electron chi connectivity index (χ0n) is 18.7. The van der Waals surface area contributed by atoms with Gasteiger partial charge in [-0.25, -0.2) is 4.39 Å². The Labute approximate surface area is 180 Å². The Kier molecular flexibility index (Phi) is 9.56. The van der Waals surface area contributed by atoms with Crippen LogP contribution in [-0.4, -0.2) is 56.0 Å². The first kappa shape index (κ1) is 24.1. The highest BCUT2D eigenvalue weighted by Gasteiger charge is 2.23. The van der Waals surface area contributed by atoms with Gasteiger partial charge in [0.25, 0.3) is 0 Å². The van der Waals surface area contributed by atoms with E-state index < -0.39 is 0 Å². The quantitative estimate of drug-likeness (QED) is 0.309. The molecule has 0 bridgehead atoms. The molecule has 0 aromatic heterocycles. The second kappa shape index (κ2) is 11.9. The fourth-order valence-electron chi connectivity index (χ4n) is 3.73. The number of nitrogens with two attached hydrogens (primary N) is 1.